The van der Waals surface area contributed by atoms with Gasteiger partial charge in [0.1, 0.15) is 11.1 Å². The van der Waals surface area contributed by atoms with E-state index >= 15 is 0 Å². The molecule has 0 aliphatic carbocycles. The Balaban J connectivity index is 1.29. The predicted molar refractivity (Wildman–Crippen MR) is 217 cm³/mol. The van der Waals surface area contributed by atoms with E-state index < -0.39 is 0 Å². The molecular formula is C48H27N3O. The number of hydrogen-bond donors (Lipinski definition) is 0. The smallest absolute Gasteiger partial charge is 0.235 e. The number of rotatable bonds is 2. The first-order valence-electron chi connectivity index (χ1n) is 17.7. The van der Waals surface area contributed by atoms with Crippen molar-refractivity contribution in [2.24, 2.45) is 0 Å². The van der Waals surface area contributed by atoms with Crippen LogP contribution in [0.15, 0.2) is 168 Å². The molecule has 240 valence electrons. The number of para-hydroxylation sites is 2. The molecule has 0 aliphatic heterocycles. The second-order valence-electron chi connectivity index (χ2n) is 13.7. The molecule has 3 aromatic heterocycles. The minimum Gasteiger partial charge on any atom is -0.454 e. The van der Waals surface area contributed by atoms with Gasteiger partial charge in [-0.25, -0.2) is 9.97 Å². The Morgan fingerprint density at radius 2 is 1.00 bits per heavy atom. The summed E-state index contributed by atoms with van der Waals surface area (Å²) in [7, 11) is 0. The summed E-state index contributed by atoms with van der Waals surface area (Å²) >= 11 is 0. The summed E-state index contributed by atoms with van der Waals surface area (Å²) in [5, 5.41) is 15.0. The molecule has 52 heavy (non-hydrogen) atoms. The summed E-state index contributed by atoms with van der Waals surface area (Å²) in [5.74, 6) is 0.611. The molecule has 0 radical (unpaired) electrons. The molecule has 0 unspecified atom stereocenters. The lowest BCUT2D eigenvalue weighted by Gasteiger charge is -2.14. The monoisotopic (exact) mass is 661 g/mol. The van der Waals surface area contributed by atoms with E-state index in [1.165, 1.54) is 32.3 Å². The highest BCUT2D eigenvalue weighted by Gasteiger charge is 2.26. The Bertz CT molecular complexity index is 3480. The van der Waals surface area contributed by atoms with Gasteiger partial charge in [0.05, 0.1) is 16.7 Å². The molecule has 4 heteroatoms. The van der Waals surface area contributed by atoms with E-state index in [1.54, 1.807) is 0 Å². The lowest BCUT2D eigenvalue weighted by atomic mass is 9.98. The lowest BCUT2D eigenvalue weighted by Crippen LogP contribution is -2.04. The first-order valence-corrected chi connectivity index (χ1v) is 17.7. The standard InChI is InChI=1S/C48H27N3O/c1-3-13-32-28(11-1)21-22-30-23-24-31(27-39(30)32)44-36-17-7-9-19-40(36)49-48(50-44)51-45-33-14-4-2-12-29(33)25-26-38(45)42-34-15-5-6-16-35(34)43-37-18-8-10-20-41(37)52-47(43)46(42)51/h1-27H. The third-order valence-electron chi connectivity index (χ3n) is 10.9. The minimum atomic E-state index is 0.611. The van der Waals surface area contributed by atoms with Crippen molar-refractivity contribution in [1.29, 1.82) is 0 Å². The molecule has 0 fully saturated rings. The van der Waals surface area contributed by atoms with Crippen LogP contribution in [-0.4, -0.2) is 14.5 Å². The zero-order valence-corrected chi connectivity index (χ0v) is 27.8. The van der Waals surface area contributed by atoms with Gasteiger partial charge >= 0.3 is 0 Å². The predicted octanol–water partition coefficient (Wildman–Crippen LogP) is 12.9. The van der Waals surface area contributed by atoms with Gasteiger partial charge in [-0.1, -0.05) is 146 Å². The van der Waals surface area contributed by atoms with Crippen LogP contribution in [0, 0.1) is 0 Å². The summed E-state index contributed by atoms with van der Waals surface area (Å²) < 4.78 is 9.17. The van der Waals surface area contributed by atoms with Crippen molar-refractivity contribution in [1.82, 2.24) is 14.5 Å². The highest BCUT2D eigenvalue weighted by atomic mass is 16.3. The molecule has 12 rings (SSSR count). The maximum atomic E-state index is 6.89. The lowest BCUT2D eigenvalue weighted by molar-refractivity contribution is 0.671. The second-order valence-corrected chi connectivity index (χ2v) is 13.7. The van der Waals surface area contributed by atoms with Crippen molar-refractivity contribution in [3.63, 3.8) is 0 Å². The van der Waals surface area contributed by atoms with Gasteiger partial charge in [-0.05, 0) is 55.9 Å². The molecule has 4 nitrogen and oxygen atoms in total. The molecule has 0 bridgehead atoms. The maximum Gasteiger partial charge on any atom is 0.235 e. The fraction of sp³-hybridized carbons (Fsp3) is 0. The SMILES string of the molecule is c1ccc2c(c1)ccc1ccc(-c3nc(-n4c5c6ccccc6ccc5c5c6ccccc6c6c7ccccc7oc6c54)nc4ccccc34)cc12. The average molecular weight is 662 g/mol. The van der Waals surface area contributed by atoms with Gasteiger partial charge in [0, 0.05) is 37.9 Å². The fourth-order valence-corrected chi connectivity index (χ4v) is 8.67. The van der Waals surface area contributed by atoms with Crippen LogP contribution in [0.5, 0.6) is 0 Å². The normalized spacial score (nSPS) is 12.2. The van der Waals surface area contributed by atoms with Gasteiger partial charge in [-0.3, -0.25) is 4.57 Å². The van der Waals surface area contributed by atoms with E-state index in [4.69, 9.17) is 14.4 Å². The quantitative estimate of drug-likeness (QED) is 0.173. The highest BCUT2D eigenvalue weighted by Crippen LogP contribution is 2.47. The first-order chi connectivity index (χ1) is 25.8. The van der Waals surface area contributed by atoms with Crippen LogP contribution in [0.1, 0.15) is 0 Å². The molecule has 0 saturated carbocycles. The number of aromatic nitrogens is 3. The van der Waals surface area contributed by atoms with Crippen LogP contribution >= 0.6 is 0 Å². The van der Waals surface area contributed by atoms with E-state index in [2.05, 4.69) is 162 Å². The van der Waals surface area contributed by atoms with E-state index in [0.717, 1.165) is 76.7 Å². The van der Waals surface area contributed by atoms with Crippen molar-refractivity contribution >= 4 is 97.7 Å². The Hall–Kier alpha value is -7.04. The topological polar surface area (TPSA) is 43.9 Å². The van der Waals surface area contributed by atoms with Crippen LogP contribution in [0.25, 0.3) is 115 Å². The highest BCUT2D eigenvalue weighted by molar-refractivity contribution is 6.36. The first kappa shape index (κ1) is 27.7. The number of nitrogens with zero attached hydrogens (tertiary/aromatic N) is 3. The number of fused-ring (bicyclic) bond motifs is 16. The van der Waals surface area contributed by atoms with Crippen molar-refractivity contribution in [3.8, 4) is 17.2 Å². The molecule has 9 aromatic carbocycles. The Kier molecular flexibility index (Phi) is 5.47. The molecule has 0 spiro atoms. The molecule has 12 aromatic rings. The number of furan rings is 1. The zero-order valence-electron chi connectivity index (χ0n) is 27.8. The van der Waals surface area contributed by atoms with Gasteiger partial charge in [-0.15, -0.1) is 0 Å². The van der Waals surface area contributed by atoms with Crippen LogP contribution in [-0.2, 0) is 0 Å². The third-order valence-corrected chi connectivity index (χ3v) is 10.9. The molecule has 0 saturated heterocycles. The van der Waals surface area contributed by atoms with Gasteiger partial charge in [0.25, 0.3) is 0 Å². The maximum absolute atomic E-state index is 6.89. The fourth-order valence-electron chi connectivity index (χ4n) is 8.67. The molecule has 0 amide bonds. The minimum absolute atomic E-state index is 0.611. The van der Waals surface area contributed by atoms with Crippen LogP contribution in [0.4, 0.5) is 0 Å². The van der Waals surface area contributed by atoms with E-state index in [-0.39, 0.29) is 0 Å². The molecule has 0 N–H and O–H groups in total. The van der Waals surface area contributed by atoms with Crippen molar-refractivity contribution in [2.75, 3.05) is 0 Å². The second kappa shape index (κ2) is 10.3. The Morgan fingerprint density at radius 3 is 1.83 bits per heavy atom. The van der Waals surface area contributed by atoms with Crippen molar-refractivity contribution in [2.45, 2.75) is 0 Å². The number of benzene rings is 9. The molecule has 3 heterocycles. The van der Waals surface area contributed by atoms with Crippen molar-refractivity contribution in [3.05, 3.63) is 164 Å². The Labute approximate surface area is 296 Å². The van der Waals surface area contributed by atoms with Crippen molar-refractivity contribution < 1.29 is 4.42 Å². The van der Waals surface area contributed by atoms with Crippen LogP contribution in [0.3, 0.4) is 0 Å². The van der Waals surface area contributed by atoms with Gasteiger partial charge in [-0.2, -0.15) is 0 Å². The summed E-state index contributed by atoms with van der Waals surface area (Å²) in [6.07, 6.45) is 0. The summed E-state index contributed by atoms with van der Waals surface area (Å²) in [5.41, 5.74) is 6.57. The van der Waals surface area contributed by atoms with Gasteiger partial charge in [0.15, 0.2) is 5.58 Å². The number of hydrogen-bond acceptors (Lipinski definition) is 3. The summed E-state index contributed by atoms with van der Waals surface area (Å²) in [4.78, 5) is 10.9. The molecule has 0 atom stereocenters. The largest absolute Gasteiger partial charge is 0.454 e. The summed E-state index contributed by atoms with van der Waals surface area (Å²) in [6.45, 7) is 0. The Morgan fingerprint density at radius 1 is 0.404 bits per heavy atom. The third kappa shape index (κ3) is 3.70. The average Bonchev–Trinajstić information content (AvgIpc) is 3.78. The molecule has 0 aliphatic rings. The summed E-state index contributed by atoms with van der Waals surface area (Å²) in [6, 6.07) is 58.2. The van der Waals surface area contributed by atoms with Gasteiger partial charge in [0.2, 0.25) is 5.95 Å². The van der Waals surface area contributed by atoms with Gasteiger partial charge < -0.3 is 4.42 Å². The van der Waals surface area contributed by atoms with Crippen LogP contribution in [0.2, 0.25) is 0 Å². The van der Waals surface area contributed by atoms with E-state index in [9.17, 15) is 0 Å². The molecular weight excluding hydrogens is 635 g/mol. The zero-order chi connectivity index (χ0) is 33.9. The van der Waals surface area contributed by atoms with Crippen LogP contribution < -0.4 is 0 Å². The van der Waals surface area contributed by atoms with E-state index in [0.29, 0.717) is 5.95 Å². The van der Waals surface area contributed by atoms with E-state index in [1.807, 2.05) is 6.07 Å².